The van der Waals surface area contributed by atoms with Crippen molar-refractivity contribution in [1.29, 1.82) is 0 Å². The fraction of sp³-hybridized carbons (Fsp3) is 0.222. The van der Waals surface area contributed by atoms with E-state index in [1.165, 1.54) is 42.5 Å². The molecule has 1 amide bonds. The van der Waals surface area contributed by atoms with Crippen molar-refractivity contribution in [2.75, 3.05) is 0 Å². The van der Waals surface area contributed by atoms with Crippen molar-refractivity contribution in [3.05, 3.63) is 58.4 Å². The van der Waals surface area contributed by atoms with Gasteiger partial charge in [0.05, 0.1) is 12.5 Å². The third-order valence-electron chi connectivity index (χ3n) is 3.56. The van der Waals surface area contributed by atoms with Crippen LogP contribution in [0.1, 0.15) is 30.2 Å². The number of nitrogens with one attached hydrogen (secondary N) is 1. The summed E-state index contributed by atoms with van der Waals surface area (Å²) >= 11 is 1.44. The summed E-state index contributed by atoms with van der Waals surface area (Å²) in [5.74, 6) is -0.716. The number of thiophene rings is 1. The van der Waals surface area contributed by atoms with Crippen LogP contribution in [0.25, 0.3) is 11.4 Å². The molecule has 3 aromatic rings. The van der Waals surface area contributed by atoms with Crippen molar-refractivity contribution in [3.8, 4) is 11.4 Å². The Hall–Kier alpha value is -3.07. The Morgan fingerprint density at radius 2 is 2.07 bits per heavy atom. The van der Waals surface area contributed by atoms with Gasteiger partial charge in [-0.25, -0.2) is 4.39 Å². The van der Waals surface area contributed by atoms with Crippen LogP contribution in [-0.4, -0.2) is 22.0 Å². The van der Waals surface area contributed by atoms with Crippen LogP contribution in [-0.2, 0) is 20.9 Å². The first-order valence-corrected chi connectivity index (χ1v) is 8.94. The third-order valence-corrected chi connectivity index (χ3v) is 4.55. The predicted molar refractivity (Wildman–Crippen MR) is 95.0 cm³/mol. The van der Waals surface area contributed by atoms with Crippen LogP contribution < -0.4 is 5.32 Å². The maximum Gasteiger partial charge on any atom is 0.308 e. The average molecular weight is 389 g/mol. The second kappa shape index (κ2) is 8.54. The van der Waals surface area contributed by atoms with Gasteiger partial charge in [0.1, 0.15) is 5.82 Å². The van der Waals surface area contributed by atoms with Crippen molar-refractivity contribution >= 4 is 23.2 Å². The largest absolute Gasteiger partial charge is 0.455 e. The highest BCUT2D eigenvalue weighted by Gasteiger charge is 2.20. The first-order chi connectivity index (χ1) is 13.0. The van der Waals surface area contributed by atoms with Crippen LogP contribution >= 0.6 is 11.3 Å². The summed E-state index contributed by atoms with van der Waals surface area (Å²) in [4.78, 5) is 28.4. The molecule has 140 valence electrons. The minimum absolute atomic E-state index is 0.0148. The predicted octanol–water partition coefficient (Wildman–Crippen LogP) is 3.25. The second-order valence-electron chi connectivity index (χ2n) is 5.65. The summed E-state index contributed by atoms with van der Waals surface area (Å²) in [5.41, 5.74) is 0.584. The average Bonchev–Trinajstić information content (AvgIpc) is 3.32. The van der Waals surface area contributed by atoms with Gasteiger partial charge in [-0.15, -0.1) is 11.3 Å². The number of nitrogens with zero attached hydrogens (tertiary/aromatic N) is 2. The molecule has 2 heterocycles. The number of amides is 1. The molecule has 0 radical (unpaired) electrons. The number of aromatic nitrogens is 2. The number of halogens is 1. The summed E-state index contributed by atoms with van der Waals surface area (Å²) in [7, 11) is 0. The molecule has 0 fully saturated rings. The van der Waals surface area contributed by atoms with Crippen LogP contribution in [0.15, 0.2) is 46.3 Å². The summed E-state index contributed by atoms with van der Waals surface area (Å²) in [5, 5.41) is 8.38. The molecule has 1 aromatic carbocycles. The minimum Gasteiger partial charge on any atom is -0.455 e. The van der Waals surface area contributed by atoms with Gasteiger partial charge in [-0.3, -0.25) is 9.59 Å². The van der Waals surface area contributed by atoms with E-state index in [-0.39, 0.29) is 36.5 Å². The van der Waals surface area contributed by atoms with E-state index in [9.17, 15) is 14.0 Å². The van der Waals surface area contributed by atoms with E-state index in [1.54, 1.807) is 0 Å². The quantitative estimate of drug-likeness (QED) is 0.624. The van der Waals surface area contributed by atoms with Gasteiger partial charge in [0.15, 0.2) is 6.61 Å². The molecule has 2 aromatic heterocycles. The molecule has 9 heteroatoms. The number of hydrogen-bond acceptors (Lipinski definition) is 7. The number of ether oxygens (including phenoxy) is 1. The standard InChI is InChI=1S/C18H16FN3O4S/c1-11(23)20-14(15-3-2-8-27-15)9-17(24)25-10-16-21-18(22-26-16)12-4-6-13(19)7-5-12/h2-8,14H,9-10H2,1H3,(H,20,23)/t14-/m1/s1. The van der Waals surface area contributed by atoms with Crippen molar-refractivity contribution in [2.45, 2.75) is 26.0 Å². The normalized spacial score (nSPS) is 11.8. The molecule has 1 atom stereocenters. The van der Waals surface area contributed by atoms with E-state index in [4.69, 9.17) is 9.26 Å². The Bertz CT molecular complexity index is 909. The van der Waals surface area contributed by atoms with Crippen molar-refractivity contribution in [1.82, 2.24) is 15.5 Å². The lowest BCUT2D eigenvalue weighted by atomic mass is 10.1. The Morgan fingerprint density at radius 1 is 1.30 bits per heavy atom. The van der Waals surface area contributed by atoms with E-state index in [0.717, 1.165) is 4.88 Å². The maximum atomic E-state index is 13.0. The van der Waals surface area contributed by atoms with E-state index in [0.29, 0.717) is 5.56 Å². The van der Waals surface area contributed by atoms with E-state index >= 15 is 0 Å². The van der Waals surface area contributed by atoms with Crippen LogP contribution in [0.5, 0.6) is 0 Å². The minimum atomic E-state index is -0.510. The molecule has 0 aliphatic carbocycles. The molecule has 3 rings (SSSR count). The third kappa shape index (κ3) is 5.20. The molecule has 0 bridgehead atoms. The highest BCUT2D eigenvalue weighted by Crippen LogP contribution is 2.23. The first kappa shape index (κ1) is 18.7. The topological polar surface area (TPSA) is 94.3 Å². The Kier molecular flexibility index (Phi) is 5.92. The fourth-order valence-corrected chi connectivity index (χ4v) is 3.13. The lowest BCUT2D eigenvalue weighted by Crippen LogP contribution is -2.28. The second-order valence-corrected chi connectivity index (χ2v) is 6.63. The summed E-state index contributed by atoms with van der Waals surface area (Å²) in [6.45, 7) is 1.20. The highest BCUT2D eigenvalue weighted by molar-refractivity contribution is 7.10. The number of benzene rings is 1. The Labute approximate surface area is 158 Å². The zero-order valence-electron chi connectivity index (χ0n) is 14.3. The summed E-state index contributed by atoms with van der Waals surface area (Å²) in [6.07, 6.45) is -0.0148. The van der Waals surface area contributed by atoms with Gasteiger partial charge in [0, 0.05) is 17.4 Å². The number of carbonyl (C=O) groups excluding carboxylic acids is 2. The monoisotopic (exact) mass is 389 g/mol. The summed E-state index contributed by atoms with van der Waals surface area (Å²) in [6, 6.07) is 8.86. The molecule has 0 spiro atoms. The molecular weight excluding hydrogens is 373 g/mol. The molecule has 0 aliphatic heterocycles. The Morgan fingerprint density at radius 3 is 2.74 bits per heavy atom. The lowest BCUT2D eigenvalue weighted by Gasteiger charge is -2.15. The van der Waals surface area contributed by atoms with Gasteiger partial charge < -0.3 is 14.6 Å². The fourth-order valence-electron chi connectivity index (χ4n) is 2.36. The number of esters is 1. The molecule has 1 N–H and O–H groups in total. The van der Waals surface area contributed by atoms with Crippen LogP contribution in [0.2, 0.25) is 0 Å². The molecule has 7 nitrogen and oxygen atoms in total. The lowest BCUT2D eigenvalue weighted by molar-refractivity contribution is -0.146. The molecule has 0 aliphatic rings. The van der Waals surface area contributed by atoms with E-state index < -0.39 is 12.0 Å². The zero-order valence-corrected chi connectivity index (χ0v) is 15.2. The van der Waals surface area contributed by atoms with Gasteiger partial charge in [-0.2, -0.15) is 4.98 Å². The van der Waals surface area contributed by atoms with Crippen molar-refractivity contribution in [2.24, 2.45) is 0 Å². The molecule has 0 saturated heterocycles. The Balaban J connectivity index is 1.57. The summed E-state index contributed by atoms with van der Waals surface area (Å²) < 4.78 is 23.2. The smallest absolute Gasteiger partial charge is 0.308 e. The molecule has 0 saturated carbocycles. The number of carbonyl (C=O) groups is 2. The van der Waals surface area contributed by atoms with E-state index in [1.807, 2.05) is 17.5 Å². The van der Waals surface area contributed by atoms with Gasteiger partial charge >= 0.3 is 5.97 Å². The number of rotatable bonds is 7. The van der Waals surface area contributed by atoms with E-state index in [2.05, 4.69) is 15.5 Å². The number of hydrogen-bond donors (Lipinski definition) is 1. The van der Waals surface area contributed by atoms with Crippen molar-refractivity contribution in [3.63, 3.8) is 0 Å². The highest BCUT2D eigenvalue weighted by atomic mass is 32.1. The van der Waals surface area contributed by atoms with Crippen molar-refractivity contribution < 1.29 is 23.2 Å². The van der Waals surface area contributed by atoms with Crippen LogP contribution in [0.4, 0.5) is 4.39 Å². The van der Waals surface area contributed by atoms with Crippen LogP contribution in [0.3, 0.4) is 0 Å². The maximum absolute atomic E-state index is 13.0. The molecular formula is C18H16FN3O4S. The molecule has 0 unspecified atom stereocenters. The zero-order chi connectivity index (χ0) is 19.2. The first-order valence-electron chi connectivity index (χ1n) is 8.06. The molecule has 27 heavy (non-hydrogen) atoms. The van der Waals surface area contributed by atoms with Gasteiger partial charge in [0.2, 0.25) is 11.7 Å². The SMILES string of the molecule is CC(=O)N[C@H](CC(=O)OCc1nc(-c2ccc(F)cc2)no1)c1cccs1. The van der Waals surface area contributed by atoms with Gasteiger partial charge in [0.25, 0.3) is 5.89 Å². The van der Waals surface area contributed by atoms with Crippen LogP contribution in [0, 0.1) is 5.82 Å². The van der Waals surface area contributed by atoms with Gasteiger partial charge in [-0.1, -0.05) is 11.2 Å². The van der Waals surface area contributed by atoms with Gasteiger partial charge in [-0.05, 0) is 35.7 Å².